The quantitative estimate of drug-likeness (QED) is 0.440. The smallest absolute Gasteiger partial charge is 0.0402 e. The van der Waals surface area contributed by atoms with Crippen LogP contribution in [0.4, 0.5) is 0 Å². The van der Waals surface area contributed by atoms with Crippen LogP contribution in [0.15, 0.2) is 0 Å². The lowest BCUT2D eigenvalue weighted by Crippen LogP contribution is -1.84. The first kappa shape index (κ1) is 4.96. The Kier molecular flexibility index (Phi) is 3.93. The van der Waals surface area contributed by atoms with Gasteiger partial charge in [0.1, 0.15) is 0 Å². The molecule has 0 unspecified atom stereocenters. The van der Waals surface area contributed by atoms with Crippen LogP contribution in [0.2, 0.25) is 0 Å². The van der Waals surface area contributed by atoms with Crippen molar-refractivity contribution < 1.29 is 4.74 Å². The van der Waals surface area contributed by atoms with Gasteiger partial charge in [0.15, 0.2) is 0 Å². The Morgan fingerprint density at radius 1 is 1.80 bits per heavy atom. The Hall–Kier alpha value is -0.0400. The largest absolute Gasteiger partial charge is 0.414 e. The third-order valence-electron chi connectivity index (χ3n) is 0.348. The standard InChI is InChI=1S/C4H9O/c1-3-5-4-2/h1,3-4H2,2H3/q-1. The summed E-state index contributed by atoms with van der Waals surface area (Å²) in [4.78, 5) is 0. The van der Waals surface area contributed by atoms with E-state index in [0.29, 0.717) is 6.61 Å². The van der Waals surface area contributed by atoms with Crippen LogP contribution in [0.3, 0.4) is 0 Å². The van der Waals surface area contributed by atoms with E-state index in [1.165, 1.54) is 0 Å². The molecule has 0 saturated carbocycles. The van der Waals surface area contributed by atoms with Crippen molar-refractivity contribution in [1.82, 2.24) is 0 Å². The molecule has 0 aromatic carbocycles. The van der Waals surface area contributed by atoms with Crippen LogP contribution in [0.1, 0.15) is 6.92 Å². The summed E-state index contributed by atoms with van der Waals surface area (Å²) in [6.07, 6.45) is 0. The molecule has 0 bridgehead atoms. The molecule has 0 fully saturated rings. The van der Waals surface area contributed by atoms with Gasteiger partial charge in [0.25, 0.3) is 0 Å². The van der Waals surface area contributed by atoms with Crippen molar-refractivity contribution in [2.45, 2.75) is 6.92 Å². The summed E-state index contributed by atoms with van der Waals surface area (Å²) in [6.45, 7) is 6.78. The van der Waals surface area contributed by atoms with Gasteiger partial charge < -0.3 is 11.7 Å². The van der Waals surface area contributed by atoms with Crippen LogP contribution < -0.4 is 0 Å². The maximum absolute atomic E-state index is 4.72. The Morgan fingerprint density at radius 3 is 2.40 bits per heavy atom. The molecule has 1 nitrogen and oxygen atoms in total. The van der Waals surface area contributed by atoms with Crippen molar-refractivity contribution in [3.05, 3.63) is 6.92 Å². The van der Waals surface area contributed by atoms with E-state index in [0.717, 1.165) is 6.61 Å². The first-order chi connectivity index (χ1) is 2.41. The third kappa shape index (κ3) is 3.96. The monoisotopic (exact) mass is 73.1 g/mol. The molecular formula is C4H9O-. The van der Waals surface area contributed by atoms with E-state index in [2.05, 4.69) is 6.92 Å². The average molecular weight is 73.1 g/mol. The summed E-state index contributed by atoms with van der Waals surface area (Å²) in [5.74, 6) is 0. The number of rotatable bonds is 2. The van der Waals surface area contributed by atoms with Crippen molar-refractivity contribution in [2.75, 3.05) is 13.2 Å². The SMILES string of the molecule is [CH2-]COCC. The van der Waals surface area contributed by atoms with E-state index in [1.54, 1.807) is 0 Å². The second kappa shape index (κ2) is 3.96. The zero-order valence-electron chi connectivity index (χ0n) is 3.53. The van der Waals surface area contributed by atoms with Crippen molar-refractivity contribution in [3.63, 3.8) is 0 Å². The van der Waals surface area contributed by atoms with Crippen molar-refractivity contribution in [2.24, 2.45) is 0 Å². The zero-order valence-corrected chi connectivity index (χ0v) is 3.53. The molecule has 0 saturated heterocycles. The fraction of sp³-hybridized carbons (Fsp3) is 0.750. The minimum atomic E-state index is 0.594. The Bertz CT molecular complexity index is 11.1. The molecule has 1 heteroatoms. The molecule has 0 aliphatic rings. The molecule has 0 aromatic rings. The number of hydrogen-bond acceptors (Lipinski definition) is 1. The first-order valence-corrected chi connectivity index (χ1v) is 1.78. The van der Waals surface area contributed by atoms with E-state index in [4.69, 9.17) is 4.74 Å². The third-order valence-corrected chi connectivity index (χ3v) is 0.348. The molecule has 5 heavy (non-hydrogen) atoms. The lowest BCUT2D eigenvalue weighted by Gasteiger charge is -1.93. The minimum absolute atomic E-state index is 0.594. The van der Waals surface area contributed by atoms with E-state index >= 15 is 0 Å². The second-order valence-corrected chi connectivity index (χ2v) is 0.697. The molecule has 0 radical (unpaired) electrons. The van der Waals surface area contributed by atoms with Gasteiger partial charge in [-0.3, -0.25) is 0 Å². The fourth-order valence-corrected chi connectivity index (χ4v) is 0.144. The van der Waals surface area contributed by atoms with Crippen molar-refractivity contribution in [3.8, 4) is 0 Å². The van der Waals surface area contributed by atoms with Gasteiger partial charge in [-0.1, -0.05) is 6.61 Å². The van der Waals surface area contributed by atoms with Crippen molar-refractivity contribution in [1.29, 1.82) is 0 Å². The molecule has 0 heterocycles. The van der Waals surface area contributed by atoms with E-state index in [1.807, 2.05) is 6.92 Å². The van der Waals surface area contributed by atoms with Gasteiger partial charge in [-0.05, 0) is 6.92 Å². The molecule has 0 spiro atoms. The molecule has 0 aliphatic heterocycles. The molecule has 0 aromatic heterocycles. The minimum Gasteiger partial charge on any atom is -0.414 e. The molecule has 0 atom stereocenters. The highest BCUT2D eigenvalue weighted by Crippen LogP contribution is 1.63. The van der Waals surface area contributed by atoms with Gasteiger partial charge in [0, 0.05) is 6.61 Å². The maximum Gasteiger partial charge on any atom is 0.0402 e. The highest BCUT2D eigenvalue weighted by molar-refractivity contribution is 4.24. The Labute approximate surface area is 32.9 Å². The number of ether oxygens (including phenoxy) is 1. The van der Waals surface area contributed by atoms with Gasteiger partial charge in [-0.25, -0.2) is 0 Å². The Morgan fingerprint density at radius 2 is 2.40 bits per heavy atom. The summed E-state index contributed by atoms with van der Waals surface area (Å²) in [5, 5.41) is 0. The molecule has 0 aliphatic carbocycles. The van der Waals surface area contributed by atoms with Gasteiger partial charge in [-0.2, -0.15) is 0 Å². The van der Waals surface area contributed by atoms with E-state index < -0.39 is 0 Å². The normalized spacial score (nSPS) is 8.40. The molecule has 0 rings (SSSR count). The lowest BCUT2D eigenvalue weighted by atomic mass is 10.8. The van der Waals surface area contributed by atoms with Crippen LogP contribution >= 0.6 is 0 Å². The van der Waals surface area contributed by atoms with Gasteiger partial charge in [0.2, 0.25) is 0 Å². The Balaban J connectivity index is 2.19. The fourth-order valence-electron chi connectivity index (χ4n) is 0.144. The summed E-state index contributed by atoms with van der Waals surface area (Å²) >= 11 is 0. The molecule has 0 amide bonds. The maximum atomic E-state index is 4.72. The summed E-state index contributed by atoms with van der Waals surface area (Å²) in [5.41, 5.74) is 0. The first-order valence-electron chi connectivity index (χ1n) is 1.78. The molecule has 0 N–H and O–H groups in total. The predicted molar refractivity (Wildman–Crippen MR) is 21.8 cm³/mol. The van der Waals surface area contributed by atoms with Crippen molar-refractivity contribution >= 4 is 0 Å². The number of hydrogen-bond donors (Lipinski definition) is 0. The molecule has 32 valence electrons. The highest BCUT2D eigenvalue weighted by atomic mass is 16.5. The van der Waals surface area contributed by atoms with Gasteiger partial charge in [-0.15, -0.1) is 0 Å². The zero-order chi connectivity index (χ0) is 4.12. The van der Waals surface area contributed by atoms with Crippen LogP contribution in [0.5, 0.6) is 0 Å². The second-order valence-electron chi connectivity index (χ2n) is 0.697. The highest BCUT2D eigenvalue weighted by Gasteiger charge is 1.57. The van der Waals surface area contributed by atoms with E-state index in [9.17, 15) is 0 Å². The average Bonchev–Trinajstić information content (AvgIpc) is 1.41. The summed E-state index contributed by atoms with van der Waals surface area (Å²) in [7, 11) is 0. The van der Waals surface area contributed by atoms with Crippen LogP contribution in [0, 0.1) is 6.92 Å². The molecular weight excluding hydrogens is 64.0 g/mol. The van der Waals surface area contributed by atoms with Crippen LogP contribution in [0.25, 0.3) is 0 Å². The van der Waals surface area contributed by atoms with Gasteiger partial charge in [0.05, 0.1) is 0 Å². The summed E-state index contributed by atoms with van der Waals surface area (Å²) in [6, 6.07) is 0. The topological polar surface area (TPSA) is 9.23 Å². The van der Waals surface area contributed by atoms with Gasteiger partial charge >= 0.3 is 0 Å². The lowest BCUT2D eigenvalue weighted by molar-refractivity contribution is 0.176. The van der Waals surface area contributed by atoms with Crippen LogP contribution in [-0.2, 0) is 4.74 Å². The predicted octanol–water partition coefficient (Wildman–Crippen LogP) is 0.857. The summed E-state index contributed by atoms with van der Waals surface area (Å²) < 4.78 is 4.72. The van der Waals surface area contributed by atoms with Crippen LogP contribution in [-0.4, -0.2) is 13.2 Å². The van der Waals surface area contributed by atoms with E-state index in [-0.39, 0.29) is 0 Å².